The molecule has 24 heavy (non-hydrogen) atoms. The van der Waals surface area contributed by atoms with Crippen LogP contribution in [0.3, 0.4) is 0 Å². The molecule has 7 heteroatoms. The van der Waals surface area contributed by atoms with Crippen molar-refractivity contribution in [3.63, 3.8) is 0 Å². The molecule has 0 amide bonds. The van der Waals surface area contributed by atoms with Crippen LogP contribution >= 0.6 is 23.2 Å². The summed E-state index contributed by atoms with van der Waals surface area (Å²) < 4.78 is 40.8. The Labute approximate surface area is 146 Å². The van der Waals surface area contributed by atoms with Gasteiger partial charge in [0.05, 0.1) is 5.56 Å². The van der Waals surface area contributed by atoms with E-state index in [0.29, 0.717) is 33.2 Å². The molecule has 0 atom stereocenters. The van der Waals surface area contributed by atoms with Crippen molar-refractivity contribution >= 4 is 34.1 Å². The maximum atomic E-state index is 13.0. The Morgan fingerprint density at radius 2 is 1.88 bits per heavy atom. The molecule has 126 valence electrons. The van der Waals surface area contributed by atoms with Crippen molar-refractivity contribution in [3.05, 3.63) is 63.0 Å². The number of fused-ring (bicyclic) bond motifs is 1. The highest BCUT2D eigenvalue weighted by Crippen LogP contribution is 2.35. The molecular formula is C17H13Cl2F3N2. The maximum absolute atomic E-state index is 13.0. The summed E-state index contributed by atoms with van der Waals surface area (Å²) in [6.45, 7) is 1.67. The third-order valence-corrected chi connectivity index (χ3v) is 4.78. The van der Waals surface area contributed by atoms with Gasteiger partial charge in [-0.25, -0.2) is 4.98 Å². The van der Waals surface area contributed by atoms with E-state index in [1.54, 1.807) is 24.6 Å². The summed E-state index contributed by atoms with van der Waals surface area (Å²) in [5.74, 6) is 0. The van der Waals surface area contributed by atoms with Crippen LogP contribution in [0.4, 0.5) is 13.2 Å². The van der Waals surface area contributed by atoms with Gasteiger partial charge in [0.2, 0.25) is 0 Å². The summed E-state index contributed by atoms with van der Waals surface area (Å²) in [5.41, 5.74) is 1.90. The van der Waals surface area contributed by atoms with Gasteiger partial charge >= 0.3 is 6.18 Å². The lowest BCUT2D eigenvalue weighted by Crippen LogP contribution is -2.06. The van der Waals surface area contributed by atoms with Crippen LogP contribution in [-0.4, -0.2) is 9.55 Å². The highest BCUT2D eigenvalue weighted by Gasteiger charge is 2.31. The number of benzene rings is 1. The summed E-state index contributed by atoms with van der Waals surface area (Å²) in [6, 6.07) is 5.83. The van der Waals surface area contributed by atoms with E-state index in [1.165, 1.54) is 6.20 Å². The average molecular weight is 373 g/mol. The summed E-state index contributed by atoms with van der Waals surface area (Å²) in [4.78, 5) is 4.01. The molecule has 0 radical (unpaired) electrons. The zero-order chi connectivity index (χ0) is 17.6. The molecule has 0 saturated carbocycles. The van der Waals surface area contributed by atoms with Gasteiger partial charge in [-0.1, -0.05) is 23.2 Å². The summed E-state index contributed by atoms with van der Waals surface area (Å²) >= 11 is 12.3. The van der Waals surface area contributed by atoms with Crippen molar-refractivity contribution in [2.45, 2.75) is 19.5 Å². The number of hydrogen-bond donors (Lipinski definition) is 0. The van der Waals surface area contributed by atoms with E-state index in [2.05, 4.69) is 4.98 Å². The van der Waals surface area contributed by atoms with Crippen LogP contribution in [0, 0.1) is 6.92 Å². The quantitative estimate of drug-likeness (QED) is 0.520. The number of aromatic nitrogens is 2. The topological polar surface area (TPSA) is 17.8 Å². The molecule has 1 aromatic carbocycles. The highest BCUT2D eigenvalue weighted by atomic mass is 35.5. The van der Waals surface area contributed by atoms with E-state index < -0.39 is 11.7 Å². The lowest BCUT2D eigenvalue weighted by Gasteiger charge is -2.10. The zero-order valence-corrected chi connectivity index (χ0v) is 14.4. The predicted octanol–water partition coefficient (Wildman–Crippen LogP) is 5.80. The second kappa shape index (κ2) is 5.97. The van der Waals surface area contributed by atoms with Crippen LogP contribution in [0.2, 0.25) is 10.2 Å². The Bertz CT molecular complexity index is 909. The van der Waals surface area contributed by atoms with E-state index >= 15 is 0 Å². The molecule has 0 aliphatic carbocycles. The standard InChI is InChI=1S/C17H13Cl2F3N2/c1-9-5-10(17(20,21)22)6-15-12(9)7-11(24(15)2)8-13-14(18)3-4-23-16(13)19/h3-7H,8H2,1-2H3. The van der Waals surface area contributed by atoms with Crippen molar-refractivity contribution in [1.82, 2.24) is 9.55 Å². The number of alkyl halides is 3. The lowest BCUT2D eigenvalue weighted by molar-refractivity contribution is -0.137. The van der Waals surface area contributed by atoms with E-state index in [-0.39, 0.29) is 0 Å². The SMILES string of the molecule is Cc1cc(C(F)(F)F)cc2c1cc(Cc1c(Cl)ccnc1Cl)n2C. The first-order valence-corrected chi connectivity index (χ1v) is 7.89. The molecule has 2 heterocycles. The first-order chi connectivity index (χ1) is 11.2. The third kappa shape index (κ3) is 2.98. The predicted molar refractivity (Wildman–Crippen MR) is 89.7 cm³/mol. The van der Waals surface area contributed by atoms with E-state index in [4.69, 9.17) is 23.2 Å². The van der Waals surface area contributed by atoms with E-state index in [0.717, 1.165) is 23.2 Å². The second-order valence-electron chi connectivity index (χ2n) is 5.66. The van der Waals surface area contributed by atoms with Crippen molar-refractivity contribution in [2.75, 3.05) is 0 Å². The molecule has 0 spiro atoms. The minimum absolute atomic E-state index is 0.292. The van der Waals surface area contributed by atoms with Gasteiger partial charge in [0.1, 0.15) is 5.15 Å². The second-order valence-corrected chi connectivity index (χ2v) is 6.42. The van der Waals surface area contributed by atoms with Gasteiger partial charge in [-0.3, -0.25) is 0 Å². The number of rotatable bonds is 2. The van der Waals surface area contributed by atoms with Crippen molar-refractivity contribution in [3.8, 4) is 0 Å². The minimum atomic E-state index is -4.38. The van der Waals surface area contributed by atoms with Crippen LogP contribution in [0.15, 0.2) is 30.5 Å². The Balaban J connectivity index is 2.14. The number of pyridine rings is 1. The van der Waals surface area contributed by atoms with Crippen molar-refractivity contribution < 1.29 is 13.2 Å². The van der Waals surface area contributed by atoms with E-state index in [9.17, 15) is 13.2 Å². The Kier molecular flexibility index (Phi) is 4.26. The minimum Gasteiger partial charge on any atom is -0.347 e. The molecule has 0 aliphatic heterocycles. The maximum Gasteiger partial charge on any atom is 0.416 e. The molecule has 2 aromatic heterocycles. The fraction of sp³-hybridized carbons (Fsp3) is 0.235. The smallest absolute Gasteiger partial charge is 0.347 e. The van der Waals surface area contributed by atoms with Crippen LogP contribution in [0.5, 0.6) is 0 Å². The van der Waals surface area contributed by atoms with Gasteiger partial charge < -0.3 is 4.57 Å². The molecule has 0 unspecified atom stereocenters. The van der Waals surface area contributed by atoms with Gasteiger partial charge in [0.25, 0.3) is 0 Å². The average Bonchev–Trinajstić information content (AvgIpc) is 2.80. The first kappa shape index (κ1) is 17.1. The monoisotopic (exact) mass is 372 g/mol. The normalized spacial score (nSPS) is 12.1. The number of hydrogen-bond acceptors (Lipinski definition) is 1. The first-order valence-electron chi connectivity index (χ1n) is 7.13. The lowest BCUT2D eigenvalue weighted by atomic mass is 10.1. The highest BCUT2D eigenvalue weighted by molar-refractivity contribution is 6.35. The van der Waals surface area contributed by atoms with Crippen molar-refractivity contribution in [2.24, 2.45) is 7.05 Å². The molecule has 0 N–H and O–H groups in total. The van der Waals surface area contributed by atoms with Crippen LogP contribution in [-0.2, 0) is 19.6 Å². The molecule has 0 saturated heterocycles. The van der Waals surface area contributed by atoms with Crippen LogP contribution < -0.4 is 0 Å². The fourth-order valence-corrected chi connectivity index (χ4v) is 3.27. The fourth-order valence-electron chi connectivity index (χ4n) is 2.78. The largest absolute Gasteiger partial charge is 0.416 e. The molecule has 3 rings (SSSR count). The van der Waals surface area contributed by atoms with Gasteiger partial charge in [0.15, 0.2) is 0 Å². The van der Waals surface area contributed by atoms with Gasteiger partial charge in [-0.15, -0.1) is 0 Å². The Morgan fingerprint density at radius 1 is 1.17 bits per heavy atom. The van der Waals surface area contributed by atoms with Crippen LogP contribution in [0.1, 0.15) is 22.4 Å². The Hall–Kier alpha value is -1.72. The van der Waals surface area contributed by atoms with Crippen molar-refractivity contribution in [1.29, 1.82) is 0 Å². The van der Waals surface area contributed by atoms with Crippen LogP contribution in [0.25, 0.3) is 10.9 Å². The molecule has 0 bridgehead atoms. The molecular weight excluding hydrogens is 360 g/mol. The number of aryl methyl sites for hydroxylation is 2. The Morgan fingerprint density at radius 3 is 2.50 bits per heavy atom. The van der Waals surface area contributed by atoms with Gasteiger partial charge in [-0.2, -0.15) is 13.2 Å². The summed E-state index contributed by atoms with van der Waals surface area (Å²) in [5, 5.41) is 1.55. The molecule has 2 nitrogen and oxygen atoms in total. The number of nitrogens with zero attached hydrogens (tertiary/aromatic N) is 2. The summed E-state index contributed by atoms with van der Waals surface area (Å²) in [7, 11) is 1.73. The van der Waals surface area contributed by atoms with Gasteiger partial charge in [0, 0.05) is 46.8 Å². The zero-order valence-electron chi connectivity index (χ0n) is 12.9. The van der Waals surface area contributed by atoms with Gasteiger partial charge in [-0.05, 0) is 36.8 Å². The number of halogens is 5. The summed E-state index contributed by atoms with van der Waals surface area (Å²) in [6.07, 6.45) is -2.48. The third-order valence-electron chi connectivity index (χ3n) is 4.10. The molecule has 3 aromatic rings. The van der Waals surface area contributed by atoms with E-state index in [1.807, 2.05) is 6.07 Å². The molecule has 0 fully saturated rings. The molecule has 0 aliphatic rings.